The Hall–Kier alpha value is -4.88. The van der Waals surface area contributed by atoms with Gasteiger partial charge in [-0.15, -0.1) is 4.80 Å². The van der Waals surface area contributed by atoms with Crippen molar-refractivity contribution in [3.8, 4) is 10.8 Å². The monoisotopic (exact) mass is 633 g/mol. The Bertz CT molecular complexity index is 1970. The molecule has 0 radical (unpaired) electrons. The number of carbonyl (C=O) groups is 1. The summed E-state index contributed by atoms with van der Waals surface area (Å²) in [5.41, 5.74) is 0.902. The summed E-state index contributed by atoms with van der Waals surface area (Å²) >= 11 is 1.14. The van der Waals surface area contributed by atoms with Gasteiger partial charge in [0, 0.05) is 11.1 Å². The lowest BCUT2D eigenvalue weighted by atomic mass is 10.1. The molecule has 3 heterocycles. The second-order valence-corrected chi connectivity index (χ2v) is 11.5. The number of fused-ring (bicyclic) bond motifs is 1. The Kier molecular flexibility index (Phi) is 9.40. The van der Waals surface area contributed by atoms with Gasteiger partial charge in [0.25, 0.3) is 5.56 Å². The number of ether oxygens (including phenoxy) is 3. The van der Waals surface area contributed by atoms with Crippen LogP contribution >= 0.6 is 11.3 Å². The molecule has 0 amide bonds. The van der Waals surface area contributed by atoms with E-state index in [1.54, 1.807) is 26.0 Å². The van der Waals surface area contributed by atoms with E-state index in [0.29, 0.717) is 32.3 Å². The second-order valence-electron chi connectivity index (χ2n) is 10.5. The van der Waals surface area contributed by atoms with Crippen LogP contribution in [0.25, 0.3) is 15.2 Å². The molecule has 2 atom stereocenters. The molecule has 5 aromatic rings. The lowest BCUT2D eigenvalue weighted by molar-refractivity contribution is -0.148. The SMILES string of the molecule is C=C(C)CO[C@@H](Cn1c(=O)n(C(C)C(=O)OCc2ccccc2)c(=O)c2c(C)c(-n3nccn3)sc21)c1cc(F)ccc1OC. The second kappa shape index (κ2) is 13.4. The van der Waals surface area contributed by atoms with Crippen molar-refractivity contribution in [1.82, 2.24) is 24.1 Å². The van der Waals surface area contributed by atoms with Crippen LogP contribution in [0.15, 0.2) is 82.7 Å². The highest BCUT2D eigenvalue weighted by molar-refractivity contribution is 7.21. The Morgan fingerprint density at radius 1 is 1.11 bits per heavy atom. The topological polar surface area (TPSA) is 119 Å². The van der Waals surface area contributed by atoms with E-state index in [9.17, 15) is 18.8 Å². The highest BCUT2D eigenvalue weighted by Gasteiger charge is 2.29. The van der Waals surface area contributed by atoms with Gasteiger partial charge in [0.1, 0.15) is 40.2 Å². The number of methoxy groups -OCH3 is 1. The molecule has 0 saturated carbocycles. The van der Waals surface area contributed by atoms with E-state index in [4.69, 9.17) is 14.2 Å². The average molecular weight is 634 g/mol. The molecule has 0 fully saturated rings. The van der Waals surface area contributed by atoms with Crippen LogP contribution < -0.4 is 16.0 Å². The third-order valence-electron chi connectivity index (χ3n) is 7.19. The molecule has 234 valence electrons. The van der Waals surface area contributed by atoms with Gasteiger partial charge in [-0.3, -0.25) is 9.36 Å². The maximum atomic E-state index is 14.5. The number of hydrogen-bond acceptors (Lipinski definition) is 9. The Balaban J connectivity index is 1.67. The number of aryl methyl sites for hydroxylation is 1. The first-order valence-electron chi connectivity index (χ1n) is 14.1. The van der Waals surface area contributed by atoms with Crippen LogP contribution in [0.3, 0.4) is 0 Å². The Labute approximate surface area is 261 Å². The van der Waals surface area contributed by atoms with Gasteiger partial charge >= 0.3 is 11.7 Å². The third kappa shape index (κ3) is 6.49. The maximum absolute atomic E-state index is 14.5. The van der Waals surface area contributed by atoms with Gasteiger partial charge in [-0.2, -0.15) is 10.2 Å². The number of halogens is 1. The zero-order valence-corrected chi connectivity index (χ0v) is 26.0. The third-order valence-corrected chi connectivity index (χ3v) is 8.47. The molecule has 13 heteroatoms. The van der Waals surface area contributed by atoms with Crippen LogP contribution in [0.1, 0.15) is 42.7 Å². The summed E-state index contributed by atoms with van der Waals surface area (Å²) in [6.07, 6.45) is 2.09. The molecule has 0 aliphatic rings. The minimum atomic E-state index is -1.27. The van der Waals surface area contributed by atoms with Gasteiger partial charge in [-0.05, 0) is 44.5 Å². The number of thiophene rings is 1. The van der Waals surface area contributed by atoms with Crippen molar-refractivity contribution in [3.05, 3.63) is 116 Å². The van der Waals surface area contributed by atoms with E-state index in [-0.39, 0.29) is 25.1 Å². The number of aromatic nitrogens is 5. The molecule has 0 saturated heterocycles. The first-order chi connectivity index (χ1) is 21.6. The van der Waals surface area contributed by atoms with Crippen LogP contribution in [-0.4, -0.2) is 43.8 Å². The van der Waals surface area contributed by atoms with Crippen molar-refractivity contribution in [2.75, 3.05) is 13.7 Å². The van der Waals surface area contributed by atoms with Gasteiger partial charge in [0.2, 0.25) is 0 Å². The highest BCUT2D eigenvalue weighted by atomic mass is 32.1. The predicted molar refractivity (Wildman–Crippen MR) is 167 cm³/mol. The Morgan fingerprint density at radius 3 is 2.49 bits per heavy atom. The predicted octanol–water partition coefficient (Wildman–Crippen LogP) is 4.90. The van der Waals surface area contributed by atoms with Crippen molar-refractivity contribution in [2.24, 2.45) is 0 Å². The van der Waals surface area contributed by atoms with Gasteiger partial charge in [-0.1, -0.05) is 53.8 Å². The van der Waals surface area contributed by atoms with Gasteiger partial charge < -0.3 is 14.2 Å². The molecule has 0 aliphatic carbocycles. The van der Waals surface area contributed by atoms with Gasteiger partial charge in [0.05, 0.1) is 38.0 Å². The van der Waals surface area contributed by atoms with Crippen LogP contribution in [0.4, 0.5) is 4.39 Å². The smallest absolute Gasteiger partial charge is 0.333 e. The van der Waals surface area contributed by atoms with Crippen molar-refractivity contribution in [1.29, 1.82) is 0 Å². The molecule has 5 rings (SSSR count). The standard InChI is InChI=1S/C32H32FN5O6S/c1-19(2)17-43-26(24-15-23(33)11-12-25(24)42-5)16-36-30-27(20(3)29(45-30)38-34-13-14-35-38)28(39)37(32(36)41)21(4)31(40)44-18-22-9-7-6-8-10-22/h6-15,21,26H,1,16-18H2,2-5H3/t21?,26-/m0/s1. The van der Waals surface area contributed by atoms with E-state index in [1.165, 1.54) is 54.0 Å². The summed E-state index contributed by atoms with van der Waals surface area (Å²) < 4.78 is 33.9. The minimum absolute atomic E-state index is 0.0298. The van der Waals surface area contributed by atoms with Crippen molar-refractivity contribution < 1.29 is 23.4 Å². The fourth-order valence-corrected chi connectivity index (χ4v) is 6.15. The highest BCUT2D eigenvalue weighted by Crippen LogP contribution is 2.34. The molecular weight excluding hydrogens is 601 g/mol. The number of carbonyl (C=O) groups excluding carboxylic acids is 1. The van der Waals surface area contributed by atoms with E-state index in [0.717, 1.165) is 21.5 Å². The van der Waals surface area contributed by atoms with Crippen molar-refractivity contribution in [2.45, 2.75) is 46.1 Å². The molecule has 1 unspecified atom stereocenters. The van der Waals surface area contributed by atoms with E-state index in [1.807, 2.05) is 18.2 Å². The summed E-state index contributed by atoms with van der Waals surface area (Å²) in [4.78, 5) is 43.2. The zero-order valence-electron chi connectivity index (χ0n) is 25.2. The molecule has 0 aliphatic heterocycles. The van der Waals surface area contributed by atoms with E-state index >= 15 is 0 Å². The first-order valence-corrected chi connectivity index (χ1v) is 14.9. The van der Waals surface area contributed by atoms with Crippen LogP contribution in [0.2, 0.25) is 0 Å². The summed E-state index contributed by atoms with van der Waals surface area (Å²) in [5.74, 6) is -0.930. The Morgan fingerprint density at radius 2 is 1.82 bits per heavy atom. The van der Waals surface area contributed by atoms with Crippen LogP contribution in [0, 0.1) is 12.7 Å². The van der Waals surface area contributed by atoms with Crippen LogP contribution in [-0.2, 0) is 27.4 Å². The molecule has 0 N–H and O–H groups in total. The fraction of sp³-hybridized carbons (Fsp3) is 0.281. The first kappa shape index (κ1) is 31.5. The fourth-order valence-electron chi connectivity index (χ4n) is 4.93. The van der Waals surface area contributed by atoms with Gasteiger partial charge in [-0.25, -0.2) is 18.5 Å². The van der Waals surface area contributed by atoms with Crippen LogP contribution in [0.5, 0.6) is 5.75 Å². The summed E-state index contributed by atoms with van der Waals surface area (Å²) in [6.45, 7) is 8.76. The molecular formula is C32H32FN5O6S. The number of esters is 1. The van der Waals surface area contributed by atoms with E-state index < -0.39 is 35.2 Å². The largest absolute Gasteiger partial charge is 0.496 e. The molecule has 3 aromatic heterocycles. The molecule has 2 aromatic carbocycles. The normalized spacial score (nSPS) is 12.6. The molecule has 0 bridgehead atoms. The lowest BCUT2D eigenvalue weighted by Gasteiger charge is -2.23. The zero-order chi connectivity index (χ0) is 32.2. The van der Waals surface area contributed by atoms with E-state index in [2.05, 4.69) is 16.8 Å². The number of benzene rings is 2. The lowest BCUT2D eigenvalue weighted by Crippen LogP contribution is -2.44. The van der Waals surface area contributed by atoms with Crippen molar-refractivity contribution in [3.63, 3.8) is 0 Å². The number of nitrogens with zero attached hydrogens (tertiary/aromatic N) is 5. The minimum Gasteiger partial charge on any atom is -0.496 e. The van der Waals surface area contributed by atoms with Crippen molar-refractivity contribution >= 4 is 27.5 Å². The maximum Gasteiger partial charge on any atom is 0.333 e. The summed E-state index contributed by atoms with van der Waals surface area (Å²) in [7, 11) is 1.45. The molecule has 45 heavy (non-hydrogen) atoms. The summed E-state index contributed by atoms with van der Waals surface area (Å²) in [6, 6.07) is 11.8. The van der Waals surface area contributed by atoms with Gasteiger partial charge in [0.15, 0.2) is 0 Å². The quantitative estimate of drug-likeness (QED) is 0.141. The summed E-state index contributed by atoms with van der Waals surface area (Å²) in [5, 5.41) is 9.13. The molecule has 0 spiro atoms. The molecule has 11 nitrogen and oxygen atoms in total. The average Bonchev–Trinajstić information content (AvgIpc) is 3.68. The number of rotatable bonds is 12. The number of hydrogen-bond donors (Lipinski definition) is 0.